The number of nitrogens with one attached hydrogen (secondary N) is 1. The lowest BCUT2D eigenvalue weighted by Crippen LogP contribution is -2.43. The van der Waals surface area contributed by atoms with Crippen LogP contribution < -0.4 is 10.1 Å². The summed E-state index contributed by atoms with van der Waals surface area (Å²) in [5.74, 6) is 1.02. The van der Waals surface area contributed by atoms with Gasteiger partial charge >= 0.3 is 0 Å². The highest BCUT2D eigenvalue weighted by Gasteiger charge is 2.25. The molecule has 1 aliphatic carbocycles. The molecule has 0 saturated heterocycles. The van der Waals surface area contributed by atoms with Crippen molar-refractivity contribution in [1.82, 2.24) is 5.32 Å². The number of unbranched alkanes of at least 4 members (excludes halogenated alkanes) is 1. The van der Waals surface area contributed by atoms with Crippen molar-refractivity contribution in [3.63, 3.8) is 0 Å². The minimum atomic E-state index is 0.334. The monoisotopic (exact) mass is 261 g/mol. The Kier molecular flexibility index (Phi) is 5.71. The molecule has 2 rings (SSSR count). The predicted octanol–water partition coefficient (Wildman–Crippen LogP) is 3.94. The summed E-state index contributed by atoms with van der Waals surface area (Å²) in [6.07, 6.45) is 9.05. The van der Waals surface area contributed by atoms with Gasteiger partial charge in [0.2, 0.25) is 0 Å². The van der Waals surface area contributed by atoms with Crippen molar-refractivity contribution in [1.29, 1.82) is 0 Å². The van der Waals surface area contributed by atoms with Crippen LogP contribution in [0, 0.1) is 0 Å². The van der Waals surface area contributed by atoms with E-state index in [2.05, 4.69) is 36.5 Å². The Bertz CT molecular complexity index is 360. The van der Waals surface area contributed by atoms with Gasteiger partial charge in [0.1, 0.15) is 11.9 Å². The van der Waals surface area contributed by atoms with Crippen molar-refractivity contribution in [3.8, 4) is 5.75 Å². The van der Waals surface area contributed by atoms with Crippen molar-refractivity contribution < 1.29 is 4.74 Å². The number of likely N-dealkylation sites (N-methyl/N-ethyl adjacent to an activating group) is 1. The van der Waals surface area contributed by atoms with Gasteiger partial charge in [-0.05, 0) is 56.8 Å². The van der Waals surface area contributed by atoms with Crippen molar-refractivity contribution in [2.24, 2.45) is 0 Å². The standard InChI is InChI=1S/C17H27NO/c1-3-4-7-14-10-12-15(13-11-14)19-17-9-6-5-8-16(17)18-2/h10-13,16-18H,3-9H2,1-2H3. The number of hydrogen-bond acceptors (Lipinski definition) is 2. The molecule has 0 spiro atoms. The normalized spacial score (nSPS) is 23.3. The minimum absolute atomic E-state index is 0.334. The number of hydrogen-bond donors (Lipinski definition) is 1. The maximum Gasteiger partial charge on any atom is 0.119 e. The van der Waals surface area contributed by atoms with Gasteiger partial charge in [-0.15, -0.1) is 0 Å². The lowest BCUT2D eigenvalue weighted by molar-refractivity contribution is 0.118. The SMILES string of the molecule is CCCCc1ccc(OC2CCCCC2NC)cc1. The van der Waals surface area contributed by atoms with E-state index in [9.17, 15) is 0 Å². The van der Waals surface area contributed by atoms with Crippen LogP contribution in [-0.4, -0.2) is 19.2 Å². The van der Waals surface area contributed by atoms with Gasteiger partial charge in [-0.2, -0.15) is 0 Å². The minimum Gasteiger partial charge on any atom is -0.489 e. The van der Waals surface area contributed by atoms with E-state index in [-0.39, 0.29) is 0 Å². The second-order valence-corrected chi connectivity index (χ2v) is 5.58. The molecule has 0 aromatic heterocycles. The van der Waals surface area contributed by atoms with E-state index >= 15 is 0 Å². The Morgan fingerprint density at radius 2 is 1.89 bits per heavy atom. The molecule has 1 fully saturated rings. The third-order valence-electron chi connectivity index (χ3n) is 4.10. The van der Waals surface area contributed by atoms with Crippen LogP contribution in [0.3, 0.4) is 0 Å². The van der Waals surface area contributed by atoms with Crippen LogP contribution in [0.1, 0.15) is 51.0 Å². The fourth-order valence-electron chi connectivity index (χ4n) is 2.86. The maximum absolute atomic E-state index is 6.16. The van der Waals surface area contributed by atoms with Gasteiger partial charge in [0.05, 0.1) is 0 Å². The zero-order chi connectivity index (χ0) is 13.5. The summed E-state index contributed by atoms with van der Waals surface area (Å²) in [4.78, 5) is 0. The van der Waals surface area contributed by atoms with E-state index < -0.39 is 0 Å². The van der Waals surface area contributed by atoms with Gasteiger partial charge < -0.3 is 10.1 Å². The summed E-state index contributed by atoms with van der Waals surface area (Å²) < 4.78 is 6.16. The van der Waals surface area contributed by atoms with Crippen molar-refractivity contribution in [2.75, 3.05) is 7.05 Å². The van der Waals surface area contributed by atoms with Crippen molar-refractivity contribution in [2.45, 2.75) is 64.0 Å². The molecule has 2 nitrogen and oxygen atoms in total. The smallest absolute Gasteiger partial charge is 0.119 e. The first-order valence-corrected chi connectivity index (χ1v) is 7.76. The molecule has 1 aromatic carbocycles. The van der Waals surface area contributed by atoms with Crippen molar-refractivity contribution in [3.05, 3.63) is 29.8 Å². The molecular weight excluding hydrogens is 234 g/mol. The number of aryl methyl sites for hydroxylation is 1. The van der Waals surface area contributed by atoms with E-state index in [0.717, 1.165) is 5.75 Å². The summed E-state index contributed by atoms with van der Waals surface area (Å²) in [7, 11) is 2.04. The van der Waals surface area contributed by atoms with Gasteiger partial charge in [0, 0.05) is 6.04 Å². The number of rotatable bonds is 6. The van der Waals surface area contributed by atoms with Gasteiger partial charge in [-0.1, -0.05) is 31.9 Å². The van der Waals surface area contributed by atoms with Crippen LogP contribution in [0.5, 0.6) is 5.75 Å². The molecule has 19 heavy (non-hydrogen) atoms. The summed E-state index contributed by atoms with van der Waals surface area (Å²) in [6, 6.07) is 9.19. The maximum atomic E-state index is 6.16. The van der Waals surface area contributed by atoms with E-state index in [1.165, 1.54) is 50.5 Å². The molecule has 0 bridgehead atoms. The molecule has 2 unspecified atom stereocenters. The molecule has 2 heteroatoms. The second-order valence-electron chi connectivity index (χ2n) is 5.58. The van der Waals surface area contributed by atoms with E-state index in [0.29, 0.717) is 12.1 Å². The molecule has 2 atom stereocenters. The molecule has 0 aliphatic heterocycles. The Labute approximate surface area is 117 Å². The molecule has 1 aliphatic rings. The van der Waals surface area contributed by atoms with Gasteiger partial charge in [0.15, 0.2) is 0 Å². The van der Waals surface area contributed by atoms with Gasteiger partial charge in [0.25, 0.3) is 0 Å². The first-order valence-electron chi connectivity index (χ1n) is 7.76. The summed E-state index contributed by atoms with van der Waals surface area (Å²) >= 11 is 0. The highest BCUT2D eigenvalue weighted by molar-refractivity contribution is 5.27. The van der Waals surface area contributed by atoms with Crippen LogP contribution in [0.15, 0.2) is 24.3 Å². The van der Waals surface area contributed by atoms with E-state index in [1.54, 1.807) is 0 Å². The molecule has 0 amide bonds. The van der Waals surface area contributed by atoms with E-state index in [1.807, 2.05) is 7.05 Å². The largest absolute Gasteiger partial charge is 0.489 e. The quantitative estimate of drug-likeness (QED) is 0.837. The van der Waals surface area contributed by atoms with E-state index in [4.69, 9.17) is 4.74 Å². The average molecular weight is 261 g/mol. The third-order valence-corrected chi connectivity index (χ3v) is 4.10. The topological polar surface area (TPSA) is 21.3 Å². The molecule has 1 saturated carbocycles. The lowest BCUT2D eigenvalue weighted by Gasteiger charge is -2.31. The predicted molar refractivity (Wildman–Crippen MR) is 80.8 cm³/mol. The highest BCUT2D eigenvalue weighted by atomic mass is 16.5. The zero-order valence-electron chi connectivity index (χ0n) is 12.3. The van der Waals surface area contributed by atoms with Crippen molar-refractivity contribution >= 4 is 0 Å². The van der Waals surface area contributed by atoms with Crippen LogP contribution >= 0.6 is 0 Å². The molecule has 106 valence electrons. The second kappa shape index (κ2) is 7.54. The first-order chi connectivity index (χ1) is 9.33. The van der Waals surface area contributed by atoms with Crippen LogP contribution in [0.25, 0.3) is 0 Å². The molecule has 1 aromatic rings. The third kappa shape index (κ3) is 4.24. The number of benzene rings is 1. The van der Waals surface area contributed by atoms with Crippen LogP contribution in [0.4, 0.5) is 0 Å². The Balaban J connectivity index is 1.90. The average Bonchev–Trinajstić information content (AvgIpc) is 2.47. The molecule has 0 radical (unpaired) electrons. The van der Waals surface area contributed by atoms with Gasteiger partial charge in [-0.25, -0.2) is 0 Å². The molecular formula is C17H27NO. The Morgan fingerprint density at radius 1 is 1.16 bits per heavy atom. The van der Waals surface area contributed by atoms with Gasteiger partial charge in [-0.3, -0.25) is 0 Å². The fraction of sp³-hybridized carbons (Fsp3) is 0.647. The Morgan fingerprint density at radius 3 is 2.58 bits per heavy atom. The Hall–Kier alpha value is -1.02. The fourth-order valence-corrected chi connectivity index (χ4v) is 2.86. The zero-order valence-corrected chi connectivity index (χ0v) is 12.3. The summed E-state index contributed by atoms with van der Waals surface area (Å²) in [5.41, 5.74) is 1.42. The van der Waals surface area contributed by atoms with Crippen LogP contribution in [0.2, 0.25) is 0 Å². The highest BCUT2D eigenvalue weighted by Crippen LogP contribution is 2.24. The summed E-state index contributed by atoms with van der Waals surface area (Å²) in [6.45, 7) is 2.23. The molecule has 1 N–H and O–H groups in total. The molecule has 0 heterocycles. The lowest BCUT2D eigenvalue weighted by atomic mass is 9.92. The number of ether oxygens (including phenoxy) is 1. The summed E-state index contributed by atoms with van der Waals surface area (Å²) in [5, 5.41) is 3.39. The van der Waals surface area contributed by atoms with Crippen LogP contribution in [-0.2, 0) is 6.42 Å². The first kappa shape index (κ1) is 14.4.